The molecule has 114 valence electrons. The Morgan fingerprint density at radius 2 is 2.10 bits per heavy atom. The van der Waals surface area contributed by atoms with Crippen molar-refractivity contribution in [3.63, 3.8) is 0 Å². The topological polar surface area (TPSA) is 75.8 Å². The molecule has 2 aliphatic carbocycles. The van der Waals surface area contributed by atoms with Gasteiger partial charge < -0.3 is 20.5 Å². The van der Waals surface area contributed by atoms with Crippen LogP contribution < -0.4 is 5.73 Å². The number of hydrogen-bond acceptors (Lipinski definition) is 4. The van der Waals surface area contributed by atoms with Crippen molar-refractivity contribution in [2.75, 3.05) is 19.8 Å². The Labute approximate surface area is 120 Å². The third kappa shape index (κ3) is 1.63. The fourth-order valence-corrected chi connectivity index (χ4v) is 4.31. The van der Waals surface area contributed by atoms with Gasteiger partial charge >= 0.3 is 0 Å². The van der Waals surface area contributed by atoms with E-state index in [1.807, 2.05) is 18.7 Å². The molecule has 0 aromatic rings. The van der Waals surface area contributed by atoms with Crippen LogP contribution in [0.2, 0.25) is 0 Å². The van der Waals surface area contributed by atoms with E-state index in [2.05, 4.69) is 0 Å². The Morgan fingerprint density at radius 3 is 2.65 bits per heavy atom. The Hall–Kier alpha value is -0.650. The number of carbonyl (C=O) groups excluding carboxylic acids is 1. The van der Waals surface area contributed by atoms with Gasteiger partial charge in [-0.05, 0) is 25.7 Å². The zero-order valence-electron chi connectivity index (χ0n) is 12.5. The number of fused-ring (bicyclic) bond motifs is 1. The molecular formula is C15H26N2O3. The summed E-state index contributed by atoms with van der Waals surface area (Å²) >= 11 is 0. The minimum Gasteiger partial charge on any atom is -0.395 e. The summed E-state index contributed by atoms with van der Waals surface area (Å²) in [6.07, 6.45) is 4.21. The van der Waals surface area contributed by atoms with E-state index in [0.29, 0.717) is 13.2 Å². The quantitative estimate of drug-likeness (QED) is 0.787. The van der Waals surface area contributed by atoms with Crippen LogP contribution in [-0.4, -0.2) is 53.4 Å². The highest BCUT2D eigenvalue weighted by Crippen LogP contribution is 2.59. The van der Waals surface area contributed by atoms with Crippen LogP contribution in [0.1, 0.15) is 39.5 Å². The number of hydrogen-bond donors (Lipinski definition) is 2. The highest BCUT2D eigenvalue weighted by atomic mass is 16.5. The molecule has 0 radical (unpaired) electrons. The lowest BCUT2D eigenvalue weighted by atomic mass is 9.47. The normalized spacial score (nSPS) is 38.8. The summed E-state index contributed by atoms with van der Waals surface area (Å²) in [5.74, 6) is 0.152. The molecule has 0 spiro atoms. The molecule has 1 heterocycles. The molecule has 3 unspecified atom stereocenters. The van der Waals surface area contributed by atoms with Crippen LogP contribution in [0.25, 0.3) is 0 Å². The average Bonchev–Trinajstić information content (AvgIpc) is 2.82. The Bertz CT molecular complexity index is 408. The van der Waals surface area contributed by atoms with Gasteiger partial charge in [-0.2, -0.15) is 0 Å². The first-order chi connectivity index (χ1) is 9.44. The van der Waals surface area contributed by atoms with E-state index < -0.39 is 5.54 Å². The van der Waals surface area contributed by atoms with Crippen LogP contribution in [-0.2, 0) is 9.53 Å². The summed E-state index contributed by atoms with van der Waals surface area (Å²) in [4.78, 5) is 14.9. The smallest absolute Gasteiger partial charge is 0.244 e. The van der Waals surface area contributed by atoms with Crippen molar-refractivity contribution in [3.05, 3.63) is 0 Å². The van der Waals surface area contributed by atoms with Crippen molar-refractivity contribution in [1.29, 1.82) is 0 Å². The summed E-state index contributed by atoms with van der Waals surface area (Å²) in [6, 6.07) is 0.271. The van der Waals surface area contributed by atoms with Crippen LogP contribution in [0, 0.1) is 11.3 Å². The number of carbonyl (C=O) groups is 1. The predicted molar refractivity (Wildman–Crippen MR) is 75.0 cm³/mol. The van der Waals surface area contributed by atoms with E-state index in [0.717, 1.165) is 25.7 Å². The van der Waals surface area contributed by atoms with E-state index in [-0.39, 0.29) is 36.0 Å². The fourth-order valence-electron chi connectivity index (χ4n) is 4.31. The summed E-state index contributed by atoms with van der Waals surface area (Å²) in [5.41, 5.74) is 5.44. The van der Waals surface area contributed by atoms with Gasteiger partial charge in [0.2, 0.25) is 5.91 Å². The van der Waals surface area contributed by atoms with Gasteiger partial charge in [0.05, 0.1) is 12.7 Å². The van der Waals surface area contributed by atoms with Gasteiger partial charge in [-0.1, -0.05) is 13.8 Å². The number of amides is 1. The Kier molecular flexibility index (Phi) is 3.35. The Balaban J connectivity index is 1.84. The number of aliphatic hydroxyl groups excluding tert-OH is 1. The molecule has 3 N–H and O–H groups in total. The van der Waals surface area contributed by atoms with E-state index in [9.17, 15) is 9.90 Å². The molecule has 3 atom stereocenters. The third-order valence-corrected chi connectivity index (χ3v) is 5.93. The van der Waals surface area contributed by atoms with Gasteiger partial charge in [-0.3, -0.25) is 4.79 Å². The summed E-state index contributed by atoms with van der Waals surface area (Å²) in [7, 11) is 0. The van der Waals surface area contributed by atoms with E-state index >= 15 is 0 Å². The molecule has 20 heavy (non-hydrogen) atoms. The van der Waals surface area contributed by atoms with Gasteiger partial charge in [0.1, 0.15) is 5.54 Å². The molecule has 0 bridgehead atoms. The fraction of sp³-hybridized carbons (Fsp3) is 0.933. The predicted octanol–water partition coefficient (Wildman–Crippen LogP) is 0.502. The maximum absolute atomic E-state index is 13.1. The minimum absolute atomic E-state index is 0.00332. The van der Waals surface area contributed by atoms with Crippen molar-refractivity contribution >= 4 is 5.91 Å². The third-order valence-electron chi connectivity index (χ3n) is 5.93. The molecule has 2 saturated carbocycles. The van der Waals surface area contributed by atoms with Crippen LogP contribution in [0.4, 0.5) is 0 Å². The molecule has 5 heteroatoms. The number of ether oxygens (including phenoxy) is 1. The molecule has 0 aromatic heterocycles. The molecule has 1 aliphatic heterocycles. The highest BCUT2D eigenvalue weighted by molar-refractivity contribution is 5.90. The molecular weight excluding hydrogens is 256 g/mol. The van der Waals surface area contributed by atoms with Crippen molar-refractivity contribution in [3.8, 4) is 0 Å². The minimum atomic E-state index is -0.834. The van der Waals surface area contributed by atoms with Crippen LogP contribution >= 0.6 is 0 Å². The zero-order valence-corrected chi connectivity index (χ0v) is 12.5. The molecule has 1 amide bonds. The average molecular weight is 282 g/mol. The zero-order chi connectivity index (χ0) is 14.5. The molecule has 3 aliphatic rings. The van der Waals surface area contributed by atoms with Crippen molar-refractivity contribution < 1.29 is 14.6 Å². The van der Waals surface area contributed by atoms with E-state index in [1.54, 1.807) is 0 Å². The second kappa shape index (κ2) is 4.68. The van der Waals surface area contributed by atoms with Gasteiger partial charge in [0, 0.05) is 30.5 Å². The van der Waals surface area contributed by atoms with Crippen molar-refractivity contribution in [2.45, 2.75) is 57.2 Å². The largest absolute Gasteiger partial charge is 0.395 e. The van der Waals surface area contributed by atoms with Gasteiger partial charge in [-0.15, -0.1) is 0 Å². The standard InChI is InChI=1S/C15H26N2O3/c1-14(2)12-11(6-9-20-12)15(14,16)13(19)17(7-8-18)10-4-3-5-10/h10-12,18H,3-9,16H2,1-2H3. The number of nitrogens with two attached hydrogens (primary N) is 1. The van der Waals surface area contributed by atoms with Crippen LogP contribution in [0.15, 0.2) is 0 Å². The maximum atomic E-state index is 13.1. The number of rotatable bonds is 4. The first kappa shape index (κ1) is 14.3. The summed E-state index contributed by atoms with van der Waals surface area (Å²) in [6.45, 7) is 5.18. The van der Waals surface area contributed by atoms with Crippen molar-refractivity contribution in [2.24, 2.45) is 17.1 Å². The van der Waals surface area contributed by atoms with Crippen molar-refractivity contribution in [1.82, 2.24) is 4.90 Å². The highest BCUT2D eigenvalue weighted by Gasteiger charge is 2.72. The van der Waals surface area contributed by atoms with Gasteiger partial charge in [0.15, 0.2) is 0 Å². The lowest BCUT2D eigenvalue weighted by molar-refractivity contribution is -0.187. The van der Waals surface area contributed by atoms with Gasteiger partial charge in [0.25, 0.3) is 0 Å². The molecule has 3 fully saturated rings. The summed E-state index contributed by atoms with van der Waals surface area (Å²) < 4.78 is 5.75. The monoisotopic (exact) mass is 282 g/mol. The molecule has 3 rings (SSSR count). The number of nitrogens with zero attached hydrogens (tertiary/aromatic N) is 1. The van der Waals surface area contributed by atoms with Crippen LogP contribution in [0.5, 0.6) is 0 Å². The Morgan fingerprint density at radius 1 is 1.40 bits per heavy atom. The lowest BCUT2D eigenvalue weighted by Gasteiger charge is -2.62. The lowest BCUT2D eigenvalue weighted by Crippen LogP contribution is -2.81. The van der Waals surface area contributed by atoms with E-state index in [1.165, 1.54) is 0 Å². The first-order valence-electron chi connectivity index (χ1n) is 7.77. The second-order valence-corrected chi connectivity index (χ2v) is 7.08. The van der Waals surface area contributed by atoms with E-state index in [4.69, 9.17) is 10.5 Å². The second-order valence-electron chi connectivity index (χ2n) is 7.08. The summed E-state index contributed by atoms with van der Waals surface area (Å²) in [5, 5.41) is 9.27. The molecule has 5 nitrogen and oxygen atoms in total. The first-order valence-corrected chi connectivity index (χ1v) is 7.77. The number of aliphatic hydroxyl groups is 1. The maximum Gasteiger partial charge on any atom is 0.244 e. The van der Waals surface area contributed by atoms with Crippen LogP contribution in [0.3, 0.4) is 0 Å². The SMILES string of the molecule is CC1(C)C2OCCC2C1(N)C(=O)N(CCO)C1CCC1. The molecule has 1 saturated heterocycles. The molecule has 0 aromatic carbocycles. The van der Waals surface area contributed by atoms with Gasteiger partial charge in [-0.25, -0.2) is 0 Å².